The van der Waals surface area contributed by atoms with Gasteiger partial charge in [-0.1, -0.05) is 13.8 Å². The van der Waals surface area contributed by atoms with E-state index in [0.29, 0.717) is 6.54 Å². The lowest BCUT2D eigenvalue weighted by molar-refractivity contribution is 0.391. The largest absolute Gasteiger partial charge is 0.324 e. The summed E-state index contributed by atoms with van der Waals surface area (Å²) in [5, 5.41) is 4.13. The van der Waals surface area contributed by atoms with Crippen molar-refractivity contribution < 1.29 is 8.42 Å². The zero-order chi connectivity index (χ0) is 13.8. The van der Waals surface area contributed by atoms with E-state index in [-0.39, 0.29) is 11.6 Å². The fraction of sp³-hybridized carbons (Fsp3) is 0.727. The Kier molecular flexibility index (Phi) is 4.89. The highest BCUT2D eigenvalue weighted by Gasteiger charge is 2.25. The van der Waals surface area contributed by atoms with Crippen molar-refractivity contribution in [3.63, 3.8) is 0 Å². The highest BCUT2D eigenvalue weighted by molar-refractivity contribution is 7.89. The lowest BCUT2D eigenvalue weighted by atomic mass is 9.95. The van der Waals surface area contributed by atoms with Gasteiger partial charge in [0.05, 0.1) is 6.20 Å². The second-order valence-electron chi connectivity index (χ2n) is 4.38. The molecule has 0 spiro atoms. The molecule has 0 unspecified atom stereocenters. The van der Waals surface area contributed by atoms with Gasteiger partial charge in [-0.2, -0.15) is 5.10 Å². The van der Waals surface area contributed by atoms with Gasteiger partial charge in [0.25, 0.3) is 10.0 Å². The molecule has 0 aromatic carbocycles. The summed E-state index contributed by atoms with van der Waals surface area (Å²) >= 11 is 0. The molecular weight excluding hydrogens is 252 g/mol. The number of aromatic nitrogens is 2. The molecule has 104 valence electrons. The molecule has 0 radical (unpaired) electrons. The first-order valence-corrected chi connectivity index (χ1v) is 7.67. The van der Waals surface area contributed by atoms with Crippen LogP contribution in [0.3, 0.4) is 0 Å². The first-order chi connectivity index (χ1) is 8.38. The average Bonchev–Trinajstić information content (AvgIpc) is 2.85. The molecular formula is C11H22N4O2S. The van der Waals surface area contributed by atoms with Crippen molar-refractivity contribution in [2.75, 3.05) is 6.54 Å². The Morgan fingerprint density at radius 3 is 2.50 bits per heavy atom. The number of nitrogens with zero attached hydrogens (tertiary/aromatic N) is 2. The number of rotatable bonds is 7. The molecule has 0 bridgehead atoms. The Hall–Kier alpha value is -0.920. The first kappa shape index (κ1) is 15.1. The smallest absolute Gasteiger partial charge is 0.257 e. The van der Waals surface area contributed by atoms with E-state index in [1.807, 2.05) is 20.8 Å². The number of hydrogen-bond donors (Lipinski definition) is 2. The summed E-state index contributed by atoms with van der Waals surface area (Å²) in [6.07, 6.45) is 2.92. The fourth-order valence-corrected chi connectivity index (χ4v) is 2.92. The highest BCUT2D eigenvalue weighted by Crippen LogP contribution is 2.12. The molecule has 3 N–H and O–H groups in total. The molecule has 0 aliphatic carbocycles. The Morgan fingerprint density at radius 1 is 1.39 bits per heavy atom. The summed E-state index contributed by atoms with van der Waals surface area (Å²) in [5.74, 6) is 0. The van der Waals surface area contributed by atoms with Crippen LogP contribution in [0.4, 0.5) is 0 Å². The van der Waals surface area contributed by atoms with Crippen LogP contribution in [0, 0.1) is 0 Å². The van der Waals surface area contributed by atoms with E-state index in [1.165, 1.54) is 16.9 Å². The highest BCUT2D eigenvalue weighted by atomic mass is 32.2. The number of aryl methyl sites for hydroxylation is 1. The maximum absolute atomic E-state index is 12.1. The zero-order valence-corrected chi connectivity index (χ0v) is 12.0. The molecule has 0 aliphatic heterocycles. The minimum absolute atomic E-state index is 0.180. The van der Waals surface area contributed by atoms with Crippen molar-refractivity contribution in [3.8, 4) is 0 Å². The third kappa shape index (κ3) is 3.30. The molecule has 18 heavy (non-hydrogen) atoms. The normalized spacial score (nSPS) is 12.9. The summed E-state index contributed by atoms with van der Waals surface area (Å²) in [4.78, 5) is 0. The number of hydrogen-bond acceptors (Lipinski definition) is 4. The van der Waals surface area contributed by atoms with Crippen molar-refractivity contribution in [1.29, 1.82) is 0 Å². The van der Waals surface area contributed by atoms with Crippen LogP contribution in [0.15, 0.2) is 17.3 Å². The van der Waals surface area contributed by atoms with Gasteiger partial charge >= 0.3 is 0 Å². The molecule has 0 aliphatic rings. The molecule has 0 atom stereocenters. The van der Waals surface area contributed by atoms with Gasteiger partial charge < -0.3 is 5.73 Å². The Bertz CT molecular complexity index is 477. The molecule has 6 nitrogen and oxygen atoms in total. The lowest BCUT2D eigenvalue weighted by Gasteiger charge is -2.26. The van der Waals surface area contributed by atoms with Crippen molar-refractivity contribution in [3.05, 3.63) is 12.3 Å². The zero-order valence-electron chi connectivity index (χ0n) is 11.2. The van der Waals surface area contributed by atoms with E-state index in [2.05, 4.69) is 9.82 Å². The van der Waals surface area contributed by atoms with Crippen LogP contribution in [0.2, 0.25) is 0 Å². The van der Waals surface area contributed by atoms with E-state index in [4.69, 9.17) is 5.73 Å². The quantitative estimate of drug-likeness (QED) is 0.766. The topological polar surface area (TPSA) is 90.0 Å². The minimum atomic E-state index is -3.54. The van der Waals surface area contributed by atoms with Gasteiger partial charge in [0, 0.05) is 18.6 Å². The van der Waals surface area contributed by atoms with Gasteiger partial charge in [0.15, 0.2) is 5.03 Å². The van der Waals surface area contributed by atoms with Crippen LogP contribution in [0.5, 0.6) is 0 Å². The van der Waals surface area contributed by atoms with Gasteiger partial charge in [-0.15, -0.1) is 0 Å². The summed E-state index contributed by atoms with van der Waals surface area (Å²) in [5.41, 5.74) is 5.58. The van der Waals surface area contributed by atoms with Gasteiger partial charge in [-0.3, -0.25) is 4.68 Å². The molecule has 0 fully saturated rings. The molecule has 1 heterocycles. The molecule has 7 heteroatoms. The van der Waals surface area contributed by atoms with E-state index in [9.17, 15) is 8.42 Å². The molecule has 0 saturated heterocycles. The second kappa shape index (κ2) is 5.81. The van der Waals surface area contributed by atoms with E-state index in [1.54, 1.807) is 0 Å². The van der Waals surface area contributed by atoms with E-state index >= 15 is 0 Å². The van der Waals surface area contributed by atoms with Crippen LogP contribution >= 0.6 is 0 Å². The second-order valence-corrected chi connectivity index (χ2v) is 6.09. The number of nitrogens with one attached hydrogen (secondary N) is 1. The van der Waals surface area contributed by atoms with Crippen molar-refractivity contribution in [1.82, 2.24) is 14.5 Å². The number of nitrogens with two attached hydrogens (primary N) is 1. The van der Waals surface area contributed by atoms with Crippen LogP contribution in [0.1, 0.15) is 33.6 Å². The molecule has 0 saturated carbocycles. The minimum Gasteiger partial charge on any atom is -0.324 e. The third-order valence-corrected chi connectivity index (χ3v) is 4.70. The van der Waals surface area contributed by atoms with Crippen molar-refractivity contribution in [2.24, 2.45) is 5.73 Å². The third-order valence-electron chi connectivity index (χ3n) is 3.27. The summed E-state index contributed by atoms with van der Waals surface area (Å²) in [6.45, 7) is 6.50. The van der Waals surface area contributed by atoms with Crippen LogP contribution < -0.4 is 10.5 Å². The van der Waals surface area contributed by atoms with Gasteiger partial charge in [0.1, 0.15) is 0 Å². The molecule has 0 amide bonds. The van der Waals surface area contributed by atoms with E-state index < -0.39 is 15.6 Å². The first-order valence-electron chi connectivity index (χ1n) is 6.19. The van der Waals surface area contributed by atoms with Crippen LogP contribution in [0.25, 0.3) is 0 Å². The maximum atomic E-state index is 12.1. The van der Waals surface area contributed by atoms with Crippen LogP contribution in [-0.4, -0.2) is 30.3 Å². The molecule has 1 rings (SSSR count). The predicted octanol–water partition coefficient (Wildman–Crippen LogP) is 0.699. The van der Waals surface area contributed by atoms with Gasteiger partial charge in [-0.25, -0.2) is 13.1 Å². The van der Waals surface area contributed by atoms with E-state index in [0.717, 1.165) is 12.8 Å². The summed E-state index contributed by atoms with van der Waals surface area (Å²) < 4.78 is 28.3. The van der Waals surface area contributed by atoms with Crippen molar-refractivity contribution in [2.45, 2.75) is 50.7 Å². The molecule has 1 aromatic rings. The Labute approximate surface area is 109 Å². The standard InChI is InChI=1S/C11H22N4O2S/c1-4-11(12,5-2)9-14-18(16,17)10-7-8-13-15(10)6-3/h7-8,14H,4-6,9,12H2,1-3H3. The van der Waals surface area contributed by atoms with Crippen LogP contribution in [-0.2, 0) is 16.6 Å². The lowest BCUT2D eigenvalue weighted by Crippen LogP contribution is -2.49. The van der Waals surface area contributed by atoms with Gasteiger partial charge in [-0.05, 0) is 25.8 Å². The molecule has 1 aromatic heterocycles. The summed E-state index contributed by atoms with van der Waals surface area (Å²) in [6, 6.07) is 1.49. The van der Waals surface area contributed by atoms with Crippen molar-refractivity contribution >= 4 is 10.0 Å². The maximum Gasteiger partial charge on any atom is 0.257 e. The Morgan fingerprint density at radius 2 is 2.00 bits per heavy atom. The van der Waals surface area contributed by atoms with Gasteiger partial charge in [0.2, 0.25) is 0 Å². The number of sulfonamides is 1. The summed E-state index contributed by atoms with van der Waals surface area (Å²) in [7, 11) is -3.54. The fourth-order valence-electron chi connectivity index (χ4n) is 1.60. The average molecular weight is 274 g/mol. The monoisotopic (exact) mass is 274 g/mol. The predicted molar refractivity (Wildman–Crippen MR) is 70.6 cm³/mol. The SMILES string of the molecule is CCn1nccc1S(=O)(=O)NCC(N)(CC)CC. The Balaban J connectivity index is 2.84.